The smallest absolute Gasteiger partial charge is 0.246 e. The molecule has 0 unspecified atom stereocenters. The minimum atomic E-state index is -3.68. The van der Waals surface area contributed by atoms with Crippen LogP contribution < -0.4 is 9.04 Å². The summed E-state index contributed by atoms with van der Waals surface area (Å²) in [5, 5.41) is 0. The molecule has 0 heterocycles. The van der Waals surface area contributed by atoms with E-state index in [1.807, 2.05) is 30.3 Å². The molecule has 0 spiro atoms. The Morgan fingerprint density at radius 1 is 1.11 bits per heavy atom. The Bertz CT molecular complexity index is 869. The molecule has 6 nitrogen and oxygen atoms in total. The molecule has 2 aromatic rings. The molecule has 0 bridgehead atoms. The van der Waals surface area contributed by atoms with Crippen molar-refractivity contribution in [2.24, 2.45) is 0 Å². The van der Waals surface area contributed by atoms with Crippen LogP contribution in [-0.4, -0.2) is 45.7 Å². The second-order valence-corrected chi connectivity index (χ2v) is 8.22. The number of ether oxygens (including phenoxy) is 1. The molecule has 0 saturated heterocycles. The van der Waals surface area contributed by atoms with Gasteiger partial charge in [-0.1, -0.05) is 43.3 Å². The van der Waals surface area contributed by atoms with Crippen molar-refractivity contribution in [1.82, 2.24) is 4.90 Å². The Kier molecular flexibility index (Phi) is 6.85. The van der Waals surface area contributed by atoms with Crippen molar-refractivity contribution < 1.29 is 17.9 Å². The molecule has 0 aromatic heterocycles. The molecular weight excluding hydrogens is 364 g/mol. The lowest BCUT2D eigenvalue weighted by molar-refractivity contribution is -0.131. The largest absolute Gasteiger partial charge is 0.497 e. The number of hydrogen-bond acceptors (Lipinski definition) is 4. The number of carbonyl (C=O) groups excluding carboxylic acids is 1. The van der Waals surface area contributed by atoms with Crippen LogP contribution in [0.5, 0.6) is 5.75 Å². The zero-order valence-electron chi connectivity index (χ0n) is 16.1. The van der Waals surface area contributed by atoms with Crippen LogP contribution in [0.4, 0.5) is 5.69 Å². The van der Waals surface area contributed by atoms with Gasteiger partial charge < -0.3 is 9.64 Å². The standard InChI is InChI=1S/C20H26N2O4S/c1-5-19(20(23)21(2)15-16-10-7-6-8-11-16)22(27(4,24)25)17-12-9-13-18(14-17)26-3/h6-14,19H,5,15H2,1-4H3/t19-/m0/s1. The molecule has 0 aliphatic heterocycles. The molecule has 7 heteroatoms. The van der Waals surface area contributed by atoms with E-state index in [1.165, 1.54) is 11.4 Å². The van der Waals surface area contributed by atoms with E-state index in [1.54, 1.807) is 43.1 Å². The van der Waals surface area contributed by atoms with Crippen molar-refractivity contribution in [3.05, 3.63) is 60.2 Å². The van der Waals surface area contributed by atoms with Gasteiger partial charge in [-0.2, -0.15) is 0 Å². The molecule has 0 radical (unpaired) electrons. The molecule has 0 fully saturated rings. The van der Waals surface area contributed by atoms with E-state index >= 15 is 0 Å². The molecule has 0 aliphatic carbocycles. The highest BCUT2D eigenvalue weighted by molar-refractivity contribution is 7.92. The minimum absolute atomic E-state index is 0.255. The molecular formula is C20H26N2O4S. The third-order valence-electron chi connectivity index (χ3n) is 4.26. The first-order valence-corrected chi connectivity index (χ1v) is 10.5. The molecule has 0 saturated carbocycles. The number of benzene rings is 2. The monoisotopic (exact) mass is 390 g/mol. The fraction of sp³-hybridized carbons (Fsp3) is 0.350. The summed E-state index contributed by atoms with van der Waals surface area (Å²) < 4.78 is 31.4. The first kappa shape index (κ1) is 20.8. The molecule has 2 rings (SSSR count). The topological polar surface area (TPSA) is 66.9 Å². The Balaban J connectivity index is 2.35. The third-order valence-corrected chi connectivity index (χ3v) is 5.44. The van der Waals surface area contributed by atoms with Gasteiger partial charge in [0.05, 0.1) is 19.1 Å². The number of rotatable bonds is 8. The van der Waals surface area contributed by atoms with E-state index in [4.69, 9.17) is 4.74 Å². The fourth-order valence-electron chi connectivity index (χ4n) is 2.98. The maximum absolute atomic E-state index is 13.1. The van der Waals surface area contributed by atoms with Crippen LogP contribution in [0, 0.1) is 0 Å². The van der Waals surface area contributed by atoms with Gasteiger partial charge in [-0.15, -0.1) is 0 Å². The lowest BCUT2D eigenvalue weighted by Crippen LogP contribution is -2.49. The quantitative estimate of drug-likeness (QED) is 0.695. The molecule has 2 aromatic carbocycles. The molecule has 27 heavy (non-hydrogen) atoms. The summed E-state index contributed by atoms with van der Waals surface area (Å²) in [6, 6.07) is 15.5. The van der Waals surface area contributed by atoms with Crippen LogP contribution in [0.25, 0.3) is 0 Å². The zero-order chi connectivity index (χ0) is 20.0. The predicted octanol–water partition coefficient (Wildman–Crippen LogP) is 2.90. The normalized spacial score (nSPS) is 12.3. The van der Waals surface area contributed by atoms with Gasteiger partial charge in [-0.3, -0.25) is 9.10 Å². The van der Waals surface area contributed by atoms with Crippen molar-refractivity contribution in [3.8, 4) is 5.75 Å². The number of methoxy groups -OCH3 is 1. The van der Waals surface area contributed by atoms with E-state index in [-0.39, 0.29) is 5.91 Å². The van der Waals surface area contributed by atoms with Gasteiger partial charge in [0, 0.05) is 19.7 Å². The highest BCUT2D eigenvalue weighted by Crippen LogP contribution is 2.27. The van der Waals surface area contributed by atoms with E-state index < -0.39 is 16.1 Å². The van der Waals surface area contributed by atoms with Gasteiger partial charge in [0.15, 0.2) is 0 Å². The maximum atomic E-state index is 13.1. The fourth-order valence-corrected chi connectivity index (χ4v) is 4.18. The summed E-state index contributed by atoms with van der Waals surface area (Å²) in [6.07, 6.45) is 1.46. The number of anilines is 1. The van der Waals surface area contributed by atoms with Crippen LogP contribution in [0.2, 0.25) is 0 Å². The Morgan fingerprint density at radius 2 is 1.78 bits per heavy atom. The average molecular weight is 391 g/mol. The van der Waals surface area contributed by atoms with Crippen molar-refractivity contribution in [2.75, 3.05) is 24.7 Å². The van der Waals surface area contributed by atoms with Crippen LogP contribution in [0.1, 0.15) is 18.9 Å². The second kappa shape index (κ2) is 8.90. The molecule has 146 valence electrons. The zero-order valence-corrected chi connectivity index (χ0v) is 16.9. The van der Waals surface area contributed by atoms with E-state index in [0.717, 1.165) is 11.8 Å². The highest BCUT2D eigenvalue weighted by Gasteiger charge is 2.33. The van der Waals surface area contributed by atoms with Crippen molar-refractivity contribution in [3.63, 3.8) is 0 Å². The number of sulfonamides is 1. The number of likely N-dealkylation sites (N-methyl/N-ethyl adjacent to an activating group) is 1. The lowest BCUT2D eigenvalue weighted by atomic mass is 10.1. The summed E-state index contributed by atoms with van der Waals surface area (Å²) in [6.45, 7) is 2.21. The summed E-state index contributed by atoms with van der Waals surface area (Å²) in [7, 11) is -0.477. The number of carbonyl (C=O) groups is 1. The molecule has 0 aliphatic rings. The summed E-state index contributed by atoms with van der Waals surface area (Å²) >= 11 is 0. The van der Waals surface area contributed by atoms with Crippen LogP contribution >= 0.6 is 0 Å². The van der Waals surface area contributed by atoms with Gasteiger partial charge in [0.1, 0.15) is 11.8 Å². The molecule has 1 atom stereocenters. The lowest BCUT2D eigenvalue weighted by Gasteiger charge is -2.33. The van der Waals surface area contributed by atoms with Gasteiger partial charge in [0.25, 0.3) is 0 Å². The number of amides is 1. The number of hydrogen-bond donors (Lipinski definition) is 0. The van der Waals surface area contributed by atoms with Crippen molar-refractivity contribution in [2.45, 2.75) is 25.9 Å². The first-order chi connectivity index (χ1) is 12.8. The van der Waals surface area contributed by atoms with Crippen molar-refractivity contribution in [1.29, 1.82) is 0 Å². The van der Waals surface area contributed by atoms with Gasteiger partial charge in [-0.25, -0.2) is 8.42 Å². The van der Waals surface area contributed by atoms with Crippen LogP contribution in [-0.2, 0) is 21.4 Å². The Morgan fingerprint density at radius 3 is 2.33 bits per heavy atom. The SMILES string of the molecule is CC[C@@H](C(=O)N(C)Cc1ccccc1)N(c1cccc(OC)c1)S(C)(=O)=O. The Hall–Kier alpha value is -2.54. The first-order valence-electron chi connectivity index (χ1n) is 8.70. The second-order valence-electron chi connectivity index (χ2n) is 6.36. The van der Waals surface area contributed by atoms with Gasteiger partial charge >= 0.3 is 0 Å². The van der Waals surface area contributed by atoms with E-state index in [2.05, 4.69) is 0 Å². The summed E-state index contributed by atoms with van der Waals surface area (Å²) in [4.78, 5) is 14.6. The molecule has 0 N–H and O–H groups in total. The van der Waals surface area contributed by atoms with E-state index in [0.29, 0.717) is 24.4 Å². The van der Waals surface area contributed by atoms with Crippen LogP contribution in [0.3, 0.4) is 0 Å². The molecule has 1 amide bonds. The summed E-state index contributed by atoms with van der Waals surface area (Å²) in [5.74, 6) is 0.274. The third kappa shape index (κ3) is 5.23. The average Bonchev–Trinajstić information content (AvgIpc) is 2.65. The van der Waals surface area contributed by atoms with Gasteiger partial charge in [0.2, 0.25) is 15.9 Å². The number of nitrogens with zero attached hydrogens (tertiary/aromatic N) is 2. The van der Waals surface area contributed by atoms with Crippen LogP contribution in [0.15, 0.2) is 54.6 Å². The highest BCUT2D eigenvalue weighted by atomic mass is 32.2. The summed E-state index contributed by atoms with van der Waals surface area (Å²) in [5.41, 5.74) is 1.39. The van der Waals surface area contributed by atoms with Gasteiger partial charge in [-0.05, 0) is 24.1 Å². The van der Waals surface area contributed by atoms with E-state index in [9.17, 15) is 13.2 Å². The minimum Gasteiger partial charge on any atom is -0.497 e. The maximum Gasteiger partial charge on any atom is 0.246 e. The predicted molar refractivity (Wildman–Crippen MR) is 107 cm³/mol. The Labute approximate surface area is 161 Å². The van der Waals surface area contributed by atoms with Crippen molar-refractivity contribution >= 4 is 21.6 Å².